The smallest absolute Gasteiger partial charge is 0.407 e. The summed E-state index contributed by atoms with van der Waals surface area (Å²) in [6.45, 7) is 5.33. The summed E-state index contributed by atoms with van der Waals surface area (Å²) in [6, 6.07) is 0. The van der Waals surface area contributed by atoms with Crippen molar-refractivity contribution in [3.05, 3.63) is 0 Å². The summed E-state index contributed by atoms with van der Waals surface area (Å²) >= 11 is 0. The lowest BCUT2D eigenvalue weighted by Crippen LogP contribution is -2.34. The third kappa shape index (κ3) is 4.46. The second-order valence-corrected chi connectivity index (χ2v) is 3.74. The number of hydrogen-bond donors (Lipinski definition) is 2. The predicted molar refractivity (Wildman–Crippen MR) is 55.2 cm³/mol. The Labute approximate surface area is 85.4 Å². The largest absolute Gasteiger partial charge is 0.449 e. The first-order valence-corrected chi connectivity index (χ1v) is 5.44. The zero-order valence-electron chi connectivity index (χ0n) is 8.84. The van der Waals surface area contributed by atoms with E-state index in [4.69, 9.17) is 4.74 Å². The van der Waals surface area contributed by atoms with Crippen LogP contribution in [0.4, 0.5) is 4.79 Å². The van der Waals surface area contributed by atoms with Gasteiger partial charge in [-0.1, -0.05) is 6.92 Å². The number of piperidine rings is 1. The van der Waals surface area contributed by atoms with Crippen LogP contribution in [0.15, 0.2) is 0 Å². The Morgan fingerprint density at radius 2 is 2.50 bits per heavy atom. The van der Waals surface area contributed by atoms with Crippen LogP contribution in [0.25, 0.3) is 0 Å². The van der Waals surface area contributed by atoms with Crippen LogP contribution in [-0.4, -0.2) is 32.3 Å². The van der Waals surface area contributed by atoms with Gasteiger partial charge in [0.15, 0.2) is 0 Å². The van der Waals surface area contributed by atoms with Gasteiger partial charge < -0.3 is 15.4 Å². The SMILES string of the molecule is CCCNC(=O)OCC1CCCNC1. The number of amides is 1. The van der Waals surface area contributed by atoms with Gasteiger partial charge in [-0.3, -0.25) is 0 Å². The van der Waals surface area contributed by atoms with Crippen LogP contribution in [0.2, 0.25) is 0 Å². The number of ether oxygens (including phenoxy) is 1. The minimum Gasteiger partial charge on any atom is -0.449 e. The highest BCUT2D eigenvalue weighted by molar-refractivity contribution is 5.66. The lowest BCUT2D eigenvalue weighted by molar-refractivity contribution is 0.119. The monoisotopic (exact) mass is 200 g/mol. The number of nitrogens with one attached hydrogen (secondary N) is 2. The molecule has 14 heavy (non-hydrogen) atoms. The van der Waals surface area contributed by atoms with E-state index in [0.717, 1.165) is 25.9 Å². The van der Waals surface area contributed by atoms with Crippen LogP contribution in [0.1, 0.15) is 26.2 Å². The maximum Gasteiger partial charge on any atom is 0.407 e. The van der Waals surface area contributed by atoms with Crippen molar-refractivity contribution in [3.63, 3.8) is 0 Å². The van der Waals surface area contributed by atoms with Gasteiger partial charge in [0.05, 0.1) is 6.61 Å². The molecule has 4 nitrogen and oxygen atoms in total. The molecule has 0 aromatic heterocycles. The van der Waals surface area contributed by atoms with Crippen molar-refractivity contribution in [2.75, 3.05) is 26.2 Å². The Hall–Kier alpha value is -0.770. The van der Waals surface area contributed by atoms with Crippen LogP contribution in [0.3, 0.4) is 0 Å². The first-order valence-electron chi connectivity index (χ1n) is 5.44. The highest BCUT2D eigenvalue weighted by atomic mass is 16.5. The summed E-state index contributed by atoms with van der Waals surface area (Å²) in [5.41, 5.74) is 0. The molecule has 1 atom stereocenters. The second kappa shape index (κ2) is 6.65. The second-order valence-electron chi connectivity index (χ2n) is 3.74. The standard InChI is InChI=1S/C10H20N2O2/c1-2-5-12-10(13)14-8-9-4-3-6-11-7-9/h9,11H,2-8H2,1H3,(H,12,13). The van der Waals surface area contributed by atoms with E-state index in [0.29, 0.717) is 19.1 Å². The van der Waals surface area contributed by atoms with Crippen molar-refractivity contribution in [2.24, 2.45) is 5.92 Å². The van der Waals surface area contributed by atoms with E-state index in [9.17, 15) is 4.79 Å². The quantitative estimate of drug-likeness (QED) is 0.715. The molecule has 82 valence electrons. The molecule has 0 spiro atoms. The first kappa shape index (κ1) is 11.3. The maximum absolute atomic E-state index is 11.1. The normalized spacial score (nSPS) is 21.6. The molecule has 1 aliphatic heterocycles. The van der Waals surface area contributed by atoms with Crippen LogP contribution in [0, 0.1) is 5.92 Å². The van der Waals surface area contributed by atoms with E-state index in [-0.39, 0.29) is 6.09 Å². The topological polar surface area (TPSA) is 50.4 Å². The van der Waals surface area contributed by atoms with Crippen LogP contribution in [0.5, 0.6) is 0 Å². The van der Waals surface area contributed by atoms with E-state index in [2.05, 4.69) is 10.6 Å². The molecule has 0 bridgehead atoms. The lowest BCUT2D eigenvalue weighted by atomic mass is 10.0. The van der Waals surface area contributed by atoms with Crippen molar-refractivity contribution in [1.82, 2.24) is 10.6 Å². The maximum atomic E-state index is 11.1. The molecule has 0 radical (unpaired) electrons. The molecule has 1 rings (SSSR count). The summed E-state index contributed by atoms with van der Waals surface area (Å²) in [4.78, 5) is 11.1. The Balaban J connectivity index is 2.03. The fraction of sp³-hybridized carbons (Fsp3) is 0.900. The van der Waals surface area contributed by atoms with Gasteiger partial charge in [-0.15, -0.1) is 0 Å². The van der Waals surface area contributed by atoms with E-state index >= 15 is 0 Å². The fourth-order valence-corrected chi connectivity index (χ4v) is 1.54. The number of carbonyl (C=O) groups is 1. The van der Waals surface area contributed by atoms with Gasteiger partial charge in [0, 0.05) is 19.0 Å². The van der Waals surface area contributed by atoms with Gasteiger partial charge in [0.2, 0.25) is 0 Å². The molecular formula is C10H20N2O2. The molecule has 1 heterocycles. The zero-order valence-corrected chi connectivity index (χ0v) is 8.84. The summed E-state index contributed by atoms with van der Waals surface area (Å²) in [6.07, 6.45) is 3.01. The fourth-order valence-electron chi connectivity index (χ4n) is 1.54. The van der Waals surface area contributed by atoms with Gasteiger partial charge in [0.25, 0.3) is 0 Å². The van der Waals surface area contributed by atoms with Crippen molar-refractivity contribution in [3.8, 4) is 0 Å². The number of carbonyl (C=O) groups excluding carboxylic acids is 1. The molecule has 0 aromatic rings. The molecular weight excluding hydrogens is 180 g/mol. The molecule has 0 aromatic carbocycles. The molecule has 2 N–H and O–H groups in total. The molecule has 1 saturated heterocycles. The van der Waals surface area contributed by atoms with E-state index in [1.807, 2.05) is 6.92 Å². The minimum absolute atomic E-state index is 0.280. The molecule has 1 unspecified atom stereocenters. The molecule has 1 amide bonds. The number of alkyl carbamates (subject to hydrolysis) is 1. The van der Waals surface area contributed by atoms with Crippen LogP contribution < -0.4 is 10.6 Å². The minimum atomic E-state index is -0.280. The van der Waals surface area contributed by atoms with E-state index in [1.165, 1.54) is 6.42 Å². The van der Waals surface area contributed by atoms with Crippen molar-refractivity contribution < 1.29 is 9.53 Å². The third-order valence-electron chi connectivity index (χ3n) is 2.37. The predicted octanol–water partition coefficient (Wildman–Crippen LogP) is 1.12. The first-order chi connectivity index (χ1) is 6.83. The van der Waals surface area contributed by atoms with Crippen LogP contribution >= 0.6 is 0 Å². The average Bonchev–Trinajstić information content (AvgIpc) is 2.25. The van der Waals surface area contributed by atoms with Crippen molar-refractivity contribution in [2.45, 2.75) is 26.2 Å². The summed E-state index contributed by atoms with van der Waals surface area (Å²) in [5, 5.41) is 5.98. The van der Waals surface area contributed by atoms with Gasteiger partial charge in [-0.2, -0.15) is 0 Å². The van der Waals surface area contributed by atoms with Gasteiger partial charge in [-0.25, -0.2) is 4.79 Å². The lowest BCUT2D eigenvalue weighted by Gasteiger charge is -2.22. The van der Waals surface area contributed by atoms with Gasteiger partial charge in [-0.05, 0) is 25.8 Å². The summed E-state index contributed by atoms with van der Waals surface area (Å²) < 4.78 is 5.09. The van der Waals surface area contributed by atoms with E-state index in [1.54, 1.807) is 0 Å². The van der Waals surface area contributed by atoms with Crippen LogP contribution in [-0.2, 0) is 4.74 Å². The Morgan fingerprint density at radius 1 is 1.64 bits per heavy atom. The number of rotatable bonds is 4. The van der Waals surface area contributed by atoms with Crippen molar-refractivity contribution in [1.29, 1.82) is 0 Å². The van der Waals surface area contributed by atoms with E-state index < -0.39 is 0 Å². The Bertz CT molecular complexity index is 168. The third-order valence-corrected chi connectivity index (χ3v) is 2.37. The summed E-state index contributed by atoms with van der Waals surface area (Å²) in [5.74, 6) is 0.496. The molecule has 0 aliphatic carbocycles. The highest BCUT2D eigenvalue weighted by Crippen LogP contribution is 2.09. The van der Waals surface area contributed by atoms with Gasteiger partial charge in [0.1, 0.15) is 0 Å². The van der Waals surface area contributed by atoms with Crippen molar-refractivity contribution >= 4 is 6.09 Å². The highest BCUT2D eigenvalue weighted by Gasteiger charge is 2.14. The number of hydrogen-bond acceptors (Lipinski definition) is 3. The zero-order chi connectivity index (χ0) is 10.2. The Kier molecular flexibility index (Phi) is 5.37. The molecule has 1 fully saturated rings. The average molecular weight is 200 g/mol. The van der Waals surface area contributed by atoms with Gasteiger partial charge >= 0.3 is 6.09 Å². The molecule has 1 aliphatic rings. The summed E-state index contributed by atoms with van der Waals surface area (Å²) in [7, 11) is 0. The molecule has 0 saturated carbocycles. The molecule has 4 heteroatoms. The Morgan fingerprint density at radius 3 is 3.14 bits per heavy atom.